The van der Waals surface area contributed by atoms with E-state index in [1.54, 1.807) is 0 Å². The number of hydrogen-bond acceptors (Lipinski definition) is 14. The highest BCUT2D eigenvalue weighted by atomic mass is 32.2. The van der Waals surface area contributed by atoms with Crippen LogP contribution in [-0.2, 0) is 59.4 Å². The molecule has 2 aromatic carbocycles. The molecule has 51 heavy (non-hydrogen) atoms. The van der Waals surface area contributed by atoms with E-state index < -0.39 is 82.4 Å². The van der Waals surface area contributed by atoms with Crippen molar-refractivity contribution in [1.29, 1.82) is 5.26 Å². The van der Waals surface area contributed by atoms with Gasteiger partial charge in [0.2, 0.25) is 0 Å². The summed E-state index contributed by atoms with van der Waals surface area (Å²) in [6.07, 6.45) is -4.98. The number of benzene rings is 2. The zero-order valence-electron chi connectivity index (χ0n) is 27.8. The standard InChI is InChI=1S/C33H34F3NO13S/c1-17(38)44-16-28-30(45-18(2)39)32(47-20(4)41)31(46-19(3)40)29(49-28)26-13-22(23(15-37)14-27(26)48-24-6-5-7-24)12-21-8-10-25(11-9-21)50-51(42,43)33(34,35)36/h8-11,13-14,24,28-32H,5-7,12,16H2,1-4H3/t28?,29-,30+,31-,32?/m0/s1. The van der Waals surface area contributed by atoms with Gasteiger partial charge in [0.05, 0.1) is 17.7 Å². The van der Waals surface area contributed by atoms with E-state index in [0.29, 0.717) is 24.0 Å². The van der Waals surface area contributed by atoms with Crippen molar-refractivity contribution >= 4 is 34.0 Å². The van der Waals surface area contributed by atoms with Gasteiger partial charge in [-0.05, 0) is 61.1 Å². The Kier molecular flexibility index (Phi) is 12.2. The fraction of sp³-hybridized carbons (Fsp3) is 0.485. The summed E-state index contributed by atoms with van der Waals surface area (Å²) in [5.41, 5.74) is -4.55. The highest BCUT2D eigenvalue weighted by Crippen LogP contribution is 2.43. The van der Waals surface area contributed by atoms with Crippen molar-refractivity contribution in [1.82, 2.24) is 0 Å². The van der Waals surface area contributed by atoms with Crippen LogP contribution < -0.4 is 8.92 Å². The molecule has 2 fully saturated rings. The molecule has 0 amide bonds. The van der Waals surface area contributed by atoms with Crippen molar-refractivity contribution in [3.63, 3.8) is 0 Å². The lowest BCUT2D eigenvalue weighted by atomic mass is 9.87. The van der Waals surface area contributed by atoms with Gasteiger partial charge in [-0.1, -0.05) is 12.1 Å². The summed E-state index contributed by atoms with van der Waals surface area (Å²) < 4.78 is 99.9. The van der Waals surface area contributed by atoms with Gasteiger partial charge in [0, 0.05) is 33.3 Å². The van der Waals surface area contributed by atoms with Crippen LogP contribution in [0.3, 0.4) is 0 Å². The van der Waals surface area contributed by atoms with Crippen molar-refractivity contribution in [2.24, 2.45) is 0 Å². The predicted molar refractivity (Wildman–Crippen MR) is 165 cm³/mol. The SMILES string of the molecule is CC(=O)OCC1O[C@@H](c2cc(Cc3ccc(OS(=O)(=O)C(F)(F)F)cc3)c(C#N)cc2OC2CCC2)[C@H](OC(C)=O)C(OC(C)=O)[C@@H]1OC(C)=O. The van der Waals surface area contributed by atoms with Gasteiger partial charge in [0.1, 0.15) is 30.3 Å². The molecule has 1 saturated heterocycles. The number of alkyl halides is 3. The predicted octanol–water partition coefficient (Wildman–Crippen LogP) is 4.11. The first-order chi connectivity index (χ1) is 23.9. The van der Waals surface area contributed by atoms with E-state index in [2.05, 4.69) is 10.3 Å². The molecule has 0 radical (unpaired) electrons. The molecule has 1 heterocycles. The highest BCUT2D eigenvalue weighted by Gasteiger charge is 2.53. The number of nitriles is 1. The molecular formula is C33H34F3NO13S. The van der Waals surface area contributed by atoms with E-state index >= 15 is 0 Å². The molecule has 5 atom stereocenters. The van der Waals surface area contributed by atoms with Crippen LogP contribution in [0.4, 0.5) is 13.2 Å². The first kappa shape index (κ1) is 38.9. The lowest BCUT2D eigenvalue weighted by molar-refractivity contribution is -0.254. The Morgan fingerprint density at radius 2 is 1.47 bits per heavy atom. The quantitative estimate of drug-likeness (QED) is 0.131. The molecule has 2 aromatic rings. The van der Waals surface area contributed by atoms with Crippen LogP contribution >= 0.6 is 0 Å². The second kappa shape index (κ2) is 16.0. The van der Waals surface area contributed by atoms with Gasteiger partial charge in [0.25, 0.3) is 0 Å². The van der Waals surface area contributed by atoms with Crippen LogP contribution in [0.25, 0.3) is 0 Å². The molecule has 276 valence electrons. The number of hydrogen-bond donors (Lipinski definition) is 0. The number of ether oxygens (including phenoxy) is 6. The summed E-state index contributed by atoms with van der Waals surface area (Å²) in [5.74, 6) is -3.61. The third kappa shape index (κ3) is 9.88. The van der Waals surface area contributed by atoms with Gasteiger partial charge in [-0.15, -0.1) is 0 Å². The molecule has 2 unspecified atom stereocenters. The van der Waals surface area contributed by atoms with E-state index in [1.807, 2.05) is 0 Å². The van der Waals surface area contributed by atoms with Crippen LogP contribution in [-0.4, -0.2) is 74.9 Å². The monoisotopic (exact) mass is 741 g/mol. The summed E-state index contributed by atoms with van der Waals surface area (Å²) in [6.45, 7) is 3.93. The van der Waals surface area contributed by atoms with E-state index in [9.17, 15) is 46.0 Å². The molecule has 1 saturated carbocycles. The molecule has 0 spiro atoms. The molecule has 0 aromatic heterocycles. The first-order valence-corrected chi connectivity index (χ1v) is 16.9. The van der Waals surface area contributed by atoms with Crippen molar-refractivity contribution in [3.05, 3.63) is 58.7 Å². The van der Waals surface area contributed by atoms with E-state index in [-0.39, 0.29) is 29.4 Å². The molecule has 2 aliphatic rings. The normalized spacial score (nSPS) is 22.0. The average Bonchev–Trinajstić information content (AvgIpc) is 3.00. The van der Waals surface area contributed by atoms with Gasteiger partial charge in [-0.3, -0.25) is 19.2 Å². The number of halogens is 3. The van der Waals surface area contributed by atoms with Crippen molar-refractivity contribution in [2.75, 3.05) is 6.61 Å². The summed E-state index contributed by atoms with van der Waals surface area (Å²) in [7, 11) is -5.91. The smallest absolute Gasteiger partial charge is 0.490 e. The fourth-order valence-electron chi connectivity index (χ4n) is 5.42. The maximum Gasteiger partial charge on any atom is 0.534 e. The Hall–Kier alpha value is -4.89. The third-order valence-corrected chi connectivity index (χ3v) is 8.79. The maximum atomic E-state index is 12.8. The molecule has 14 nitrogen and oxygen atoms in total. The average molecular weight is 742 g/mol. The minimum Gasteiger partial charge on any atom is -0.490 e. The molecule has 4 rings (SSSR count). The van der Waals surface area contributed by atoms with Gasteiger partial charge in [-0.2, -0.15) is 26.9 Å². The van der Waals surface area contributed by atoms with E-state index in [0.717, 1.165) is 46.2 Å². The molecule has 1 aliphatic heterocycles. The lowest BCUT2D eigenvalue weighted by Gasteiger charge is -2.45. The lowest BCUT2D eigenvalue weighted by Crippen LogP contribution is -2.59. The second-order valence-electron chi connectivity index (χ2n) is 11.8. The van der Waals surface area contributed by atoms with Gasteiger partial charge in [0.15, 0.2) is 18.3 Å². The largest absolute Gasteiger partial charge is 0.534 e. The molecule has 18 heteroatoms. The first-order valence-electron chi connectivity index (χ1n) is 15.5. The topological polar surface area (TPSA) is 191 Å². The van der Waals surface area contributed by atoms with Gasteiger partial charge in [-0.25, -0.2) is 0 Å². The van der Waals surface area contributed by atoms with Crippen LogP contribution in [0.1, 0.15) is 75.3 Å². The number of carbonyl (C=O) groups excluding carboxylic acids is 4. The van der Waals surface area contributed by atoms with Crippen LogP contribution in [0.5, 0.6) is 11.5 Å². The van der Waals surface area contributed by atoms with Crippen molar-refractivity contribution < 1.29 is 73.4 Å². The molecule has 0 bridgehead atoms. The van der Waals surface area contributed by atoms with Crippen LogP contribution in [0.2, 0.25) is 0 Å². The highest BCUT2D eigenvalue weighted by molar-refractivity contribution is 7.88. The summed E-state index contributed by atoms with van der Waals surface area (Å²) >= 11 is 0. The number of nitrogens with zero attached hydrogens (tertiary/aromatic N) is 1. The number of carbonyl (C=O) groups is 4. The molecule has 0 N–H and O–H groups in total. The summed E-state index contributed by atoms with van der Waals surface area (Å²) in [5, 5.41) is 10.1. The third-order valence-electron chi connectivity index (χ3n) is 7.81. The summed E-state index contributed by atoms with van der Waals surface area (Å²) in [4.78, 5) is 48.8. The van der Waals surface area contributed by atoms with Gasteiger partial charge >= 0.3 is 39.5 Å². The Morgan fingerprint density at radius 1 is 0.882 bits per heavy atom. The Balaban J connectivity index is 1.83. The zero-order valence-corrected chi connectivity index (χ0v) is 28.6. The van der Waals surface area contributed by atoms with E-state index in [4.69, 9.17) is 28.4 Å². The summed E-state index contributed by atoms with van der Waals surface area (Å²) in [6, 6.07) is 9.67. The van der Waals surface area contributed by atoms with Crippen LogP contribution in [0, 0.1) is 11.3 Å². The second-order valence-corrected chi connectivity index (χ2v) is 13.3. The number of esters is 4. The maximum absolute atomic E-state index is 12.8. The minimum atomic E-state index is -5.91. The number of rotatable bonds is 12. The Morgan fingerprint density at radius 3 is 1.98 bits per heavy atom. The Labute approximate surface area is 290 Å². The zero-order chi connectivity index (χ0) is 37.7. The van der Waals surface area contributed by atoms with Gasteiger partial charge < -0.3 is 32.6 Å². The molecule has 1 aliphatic carbocycles. The Bertz CT molecular complexity index is 1790. The fourth-order valence-corrected chi connectivity index (χ4v) is 5.88. The van der Waals surface area contributed by atoms with E-state index in [1.165, 1.54) is 24.3 Å². The van der Waals surface area contributed by atoms with Crippen molar-refractivity contribution in [2.45, 2.75) is 95.5 Å². The molecular weight excluding hydrogens is 707 g/mol. The van der Waals surface area contributed by atoms with Crippen molar-refractivity contribution in [3.8, 4) is 17.6 Å². The van der Waals surface area contributed by atoms with Crippen LogP contribution in [0.15, 0.2) is 36.4 Å². The minimum absolute atomic E-state index is 0.0306.